The lowest BCUT2D eigenvalue weighted by atomic mass is 10.1. The molecule has 0 heterocycles. The monoisotopic (exact) mass is 486 g/mol. The van der Waals surface area contributed by atoms with Gasteiger partial charge in [0, 0.05) is 17.3 Å². The van der Waals surface area contributed by atoms with E-state index in [4.69, 9.17) is 9.47 Å². The number of anilines is 2. The van der Waals surface area contributed by atoms with Crippen LogP contribution >= 0.6 is 0 Å². The first-order valence-electron chi connectivity index (χ1n) is 10.4. The third-order valence-corrected chi connectivity index (χ3v) is 6.44. The van der Waals surface area contributed by atoms with Crippen LogP contribution in [0.25, 0.3) is 0 Å². The lowest BCUT2D eigenvalue weighted by Gasteiger charge is -2.26. The highest BCUT2D eigenvalue weighted by atomic mass is 32.2. The van der Waals surface area contributed by atoms with Gasteiger partial charge in [-0.05, 0) is 37.6 Å². The second kappa shape index (κ2) is 10.1. The molecular weight excluding hydrogens is 459 g/mol. The van der Waals surface area contributed by atoms with Gasteiger partial charge in [-0.2, -0.15) is 0 Å². The van der Waals surface area contributed by atoms with Crippen LogP contribution in [0.1, 0.15) is 27.0 Å². The summed E-state index contributed by atoms with van der Waals surface area (Å²) in [4.78, 5) is 13.4. The SMILES string of the molecule is COc1cc(C(=O)Nc2ccc(C)cc2C)c(N(Cc2ccccc2F)S(C)(=O)=O)cc1OC. The Bertz CT molecular complexity index is 1320. The van der Waals surface area contributed by atoms with Gasteiger partial charge in [-0.3, -0.25) is 9.10 Å². The van der Waals surface area contributed by atoms with Crippen molar-refractivity contribution in [2.24, 2.45) is 0 Å². The Morgan fingerprint density at radius 1 is 1.00 bits per heavy atom. The molecule has 3 aromatic rings. The van der Waals surface area contributed by atoms with Crippen LogP contribution in [0.4, 0.5) is 15.8 Å². The van der Waals surface area contributed by atoms with Crippen LogP contribution in [0.2, 0.25) is 0 Å². The molecule has 0 fully saturated rings. The van der Waals surface area contributed by atoms with Crippen LogP contribution in [0.5, 0.6) is 11.5 Å². The van der Waals surface area contributed by atoms with Gasteiger partial charge in [-0.25, -0.2) is 12.8 Å². The molecule has 0 atom stereocenters. The summed E-state index contributed by atoms with van der Waals surface area (Å²) in [5.74, 6) is -0.637. The molecular formula is C25H27FN2O5S. The summed E-state index contributed by atoms with van der Waals surface area (Å²) in [6, 6.07) is 14.2. The standard InChI is InChI=1S/C25H27FN2O5S/c1-16-10-11-21(17(2)12-16)27-25(29)19-13-23(32-3)24(33-4)14-22(19)28(34(5,30)31)15-18-8-6-7-9-20(18)26/h6-14H,15H2,1-5H3,(H,27,29). The molecule has 0 unspecified atom stereocenters. The van der Waals surface area contributed by atoms with Gasteiger partial charge >= 0.3 is 0 Å². The summed E-state index contributed by atoms with van der Waals surface area (Å²) in [7, 11) is -1.11. The molecule has 0 spiro atoms. The molecule has 0 aliphatic carbocycles. The number of rotatable bonds is 8. The smallest absolute Gasteiger partial charge is 0.257 e. The molecule has 0 aliphatic heterocycles. The second-order valence-electron chi connectivity index (χ2n) is 7.86. The van der Waals surface area contributed by atoms with Crippen molar-refractivity contribution in [3.8, 4) is 11.5 Å². The molecule has 7 nitrogen and oxygen atoms in total. The number of sulfonamides is 1. The van der Waals surface area contributed by atoms with Crippen molar-refractivity contribution in [1.82, 2.24) is 0 Å². The molecule has 0 aromatic heterocycles. The van der Waals surface area contributed by atoms with Crippen LogP contribution in [0.15, 0.2) is 54.6 Å². The lowest BCUT2D eigenvalue weighted by Crippen LogP contribution is -2.32. The van der Waals surface area contributed by atoms with Gasteiger partial charge in [0.25, 0.3) is 5.91 Å². The number of amides is 1. The molecule has 0 aliphatic rings. The number of carbonyl (C=O) groups excluding carboxylic acids is 1. The fraction of sp³-hybridized carbons (Fsp3) is 0.240. The Labute approximate surface area is 199 Å². The average Bonchev–Trinajstić information content (AvgIpc) is 2.78. The maximum absolute atomic E-state index is 14.4. The largest absolute Gasteiger partial charge is 0.493 e. The summed E-state index contributed by atoms with van der Waals surface area (Å²) in [5, 5.41) is 2.83. The van der Waals surface area contributed by atoms with Crippen LogP contribution in [-0.2, 0) is 16.6 Å². The topological polar surface area (TPSA) is 84.9 Å². The molecule has 180 valence electrons. The second-order valence-corrected chi connectivity index (χ2v) is 9.76. The minimum absolute atomic E-state index is 0.0272. The number of hydrogen-bond donors (Lipinski definition) is 1. The van der Waals surface area contributed by atoms with E-state index in [0.29, 0.717) is 5.69 Å². The number of halogens is 1. The number of benzene rings is 3. The third-order valence-electron chi connectivity index (χ3n) is 5.32. The summed E-state index contributed by atoms with van der Waals surface area (Å²) in [6.45, 7) is 3.49. The van der Waals surface area contributed by atoms with Crippen LogP contribution in [0.3, 0.4) is 0 Å². The van der Waals surface area contributed by atoms with Gasteiger partial charge in [0.05, 0.1) is 38.3 Å². The Morgan fingerprint density at radius 3 is 2.24 bits per heavy atom. The van der Waals surface area contributed by atoms with Crippen molar-refractivity contribution in [3.63, 3.8) is 0 Å². The van der Waals surface area contributed by atoms with Gasteiger partial charge in [-0.1, -0.05) is 35.9 Å². The normalized spacial score (nSPS) is 11.1. The van der Waals surface area contributed by atoms with Gasteiger partial charge in [0.15, 0.2) is 11.5 Å². The van der Waals surface area contributed by atoms with E-state index in [0.717, 1.165) is 21.7 Å². The van der Waals surface area contributed by atoms with E-state index in [2.05, 4.69) is 5.32 Å². The molecule has 3 rings (SSSR count). The summed E-state index contributed by atoms with van der Waals surface area (Å²) >= 11 is 0. The molecule has 0 radical (unpaired) electrons. The van der Waals surface area contributed by atoms with Gasteiger partial charge < -0.3 is 14.8 Å². The highest BCUT2D eigenvalue weighted by molar-refractivity contribution is 7.92. The van der Waals surface area contributed by atoms with E-state index in [1.807, 2.05) is 26.0 Å². The highest BCUT2D eigenvalue weighted by Gasteiger charge is 2.27. The first kappa shape index (κ1) is 25.0. The number of carbonyl (C=O) groups is 1. The fourth-order valence-electron chi connectivity index (χ4n) is 3.56. The van der Waals surface area contributed by atoms with Crippen LogP contribution in [-0.4, -0.2) is 34.8 Å². The molecule has 1 amide bonds. The molecule has 0 saturated heterocycles. The summed E-state index contributed by atoms with van der Waals surface area (Å²) < 4.78 is 51.7. The average molecular weight is 487 g/mol. The van der Waals surface area contributed by atoms with Gasteiger partial charge in [0.2, 0.25) is 10.0 Å². The van der Waals surface area contributed by atoms with Crippen LogP contribution < -0.4 is 19.1 Å². The van der Waals surface area contributed by atoms with Gasteiger partial charge in [0.1, 0.15) is 5.82 Å². The van der Waals surface area contributed by atoms with Gasteiger partial charge in [-0.15, -0.1) is 0 Å². The summed E-state index contributed by atoms with van der Waals surface area (Å²) in [5.41, 5.74) is 2.68. The zero-order valence-corrected chi connectivity index (χ0v) is 20.5. The Kier molecular flexibility index (Phi) is 7.46. The number of methoxy groups -OCH3 is 2. The Hall–Kier alpha value is -3.59. The quantitative estimate of drug-likeness (QED) is 0.500. The van der Waals surface area contributed by atoms with Crippen molar-refractivity contribution in [3.05, 3.63) is 82.7 Å². The highest BCUT2D eigenvalue weighted by Crippen LogP contribution is 2.37. The number of nitrogens with one attached hydrogen (secondary N) is 1. The molecule has 34 heavy (non-hydrogen) atoms. The van der Waals surface area contributed by atoms with E-state index in [1.54, 1.807) is 12.1 Å². The maximum atomic E-state index is 14.4. The molecule has 1 N–H and O–H groups in total. The molecule has 3 aromatic carbocycles. The minimum Gasteiger partial charge on any atom is -0.493 e. The number of ether oxygens (including phenoxy) is 2. The van der Waals surface area contributed by atoms with E-state index >= 15 is 0 Å². The van der Waals surface area contributed by atoms with Crippen molar-refractivity contribution in [1.29, 1.82) is 0 Å². The van der Waals surface area contributed by atoms with Crippen molar-refractivity contribution < 1.29 is 27.1 Å². The Morgan fingerprint density at radius 2 is 1.65 bits per heavy atom. The first-order valence-corrected chi connectivity index (χ1v) is 12.3. The zero-order chi connectivity index (χ0) is 25.0. The predicted octanol–water partition coefficient (Wildman–Crippen LogP) is 4.68. The minimum atomic E-state index is -3.93. The third kappa shape index (κ3) is 5.48. The van der Waals surface area contributed by atoms with E-state index in [1.165, 1.54) is 44.6 Å². The predicted molar refractivity (Wildman–Crippen MR) is 131 cm³/mol. The molecule has 0 bridgehead atoms. The van der Waals surface area contributed by atoms with E-state index in [9.17, 15) is 17.6 Å². The Balaban J connectivity index is 2.16. The maximum Gasteiger partial charge on any atom is 0.257 e. The lowest BCUT2D eigenvalue weighted by molar-refractivity contribution is 0.102. The zero-order valence-electron chi connectivity index (χ0n) is 19.7. The molecule has 0 saturated carbocycles. The summed E-state index contributed by atoms with van der Waals surface area (Å²) in [6.07, 6.45) is 0.996. The first-order chi connectivity index (χ1) is 16.0. The van der Waals surface area contributed by atoms with Crippen molar-refractivity contribution >= 4 is 27.3 Å². The number of aryl methyl sites for hydroxylation is 2. The fourth-order valence-corrected chi connectivity index (χ4v) is 4.44. The van der Waals surface area contributed by atoms with E-state index in [-0.39, 0.29) is 34.9 Å². The molecule has 9 heteroatoms. The van der Waals surface area contributed by atoms with Crippen molar-refractivity contribution in [2.45, 2.75) is 20.4 Å². The van der Waals surface area contributed by atoms with E-state index < -0.39 is 21.7 Å². The van der Waals surface area contributed by atoms with Crippen molar-refractivity contribution in [2.75, 3.05) is 30.1 Å². The number of nitrogens with zero attached hydrogens (tertiary/aromatic N) is 1. The number of hydrogen-bond acceptors (Lipinski definition) is 5. The van der Waals surface area contributed by atoms with Crippen LogP contribution in [0, 0.1) is 19.7 Å².